The molecule has 0 bridgehead atoms. The lowest BCUT2D eigenvalue weighted by atomic mass is 10.1. The van der Waals surface area contributed by atoms with Gasteiger partial charge in [-0.1, -0.05) is 17.7 Å². The van der Waals surface area contributed by atoms with Crippen molar-refractivity contribution in [1.29, 1.82) is 0 Å². The summed E-state index contributed by atoms with van der Waals surface area (Å²) >= 11 is 0. The third kappa shape index (κ3) is 4.18. The summed E-state index contributed by atoms with van der Waals surface area (Å²) in [5, 5.41) is 0. The first-order valence-corrected chi connectivity index (χ1v) is 9.43. The highest BCUT2D eigenvalue weighted by molar-refractivity contribution is 5.94. The van der Waals surface area contributed by atoms with Crippen molar-refractivity contribution in [3.63, 3.8) is 0 Å². The molecule has 2 aromatic rings. The Morgan fingerprint density at radius 3 is 2.46 bits per heavy atom. The number of hydrogen-bond acceptors (Lipinski definition) is 3. The number of amides is 1. The SMILES string of the molecule is CCOc1ccc(C(=O)N2CCCN(c3ccc(C)cc3)CC2)cc1C. The normalized spacial score (nSPS) is 14.9. The quantitative estimate of drug-likeness (QED) is 0.832. The van der Waals surface area contributed by atoms with Gasteiger partial charge in [-0.2, -0.15) is 0 Å². The van der Waals surface area contributed by atoms with Crippen LogP contribution in [0.2, 0.25) is 0 Å². The van der Waals surface area contributed by atoms with Gasteiger partial charge in [-0.05, 0) is 63.1 Å². The van der Waals surface area contributed by atoms with Gasteiger partial charge in [-0.3, -0.25) is 4.79 Å². The van der Waals surface area contributed by atoms with E-state index in [1.165, 1.54) is 11.3 Å². The van der Waals surface area contributed by atoms with E-state index in [-0.39, 0.29) is 5.91 Å². The van der Waals surface area contributed by atoms with Crippen LogP contribution in [-0.2, 0) is 0 Å². The summed E-state index contributed by atoms with van der Waals surface area (Å²) in [6.07, 6.45) is 0.982. The first-order chi connectivity index (χ1) is 12.6. The number of ether oxygens (including phenoxy) is 1. The van der Waals surface area contributed by atoms with E-state index in [1.54, 1.807) is 0 Å². The third-order valence-electron chi connectivity index (χ3n) is 4.90. The highest BCUT2D eigenvalue weighted by atomic mass is 16.5. The van der Waals surface area contributed by atoms with E-state index in [2.05, 4.69) is 36.1 Å². The Labute approximate surface area is 156 Å². The second-order valence-electron chi connectivity index (χ2n) is 6.88. The molecule has 1 fully saturated rings. The second kappa shape index (κ2) is 8.26. The van der Waals surface area contributed by atoms with E-state index in [1.807, 2.05) is 36.9 Å². The number of carbonyl (C=O) groups excluding carboxylic acids is 1. The van der Waals surface area contributed by atoms with Crippen LogP contribution in [0.5, 0.6) is 5.75 Å². The minimum Gasteiger partial charge on any atom is -0.494 e. The lowest BCUT2D eigenvalue weighted by Crippen LogP contribution is -2.35. The second-order valence-corrected chi connectivity index (χ2v) is 6.88. The zero-order chi connectivity index (χ0) is 18.5. The maximum atomic E-state index is 12.9. The maximum Gasteiger partial charge on any atom is 0.253 e. The maximum absolute atomic E-state index is 12.9. The van der Waals surface area contributed by atoms with Gasteiger partial charge in [0.15, 0.2) is 0 Å². The average Bonchev–Trinajstić information content (AvgIpc) is 2.90. The van der Waals surface area contributed by atoms with E-state index in [0.29, 0.717) is 6.61 Å². The average molecular weight is 352 g/mol. The number of benzene rings is 2. The van der Waals surface area contributed by atoms with E-state index in [9.17, 15) is 4.79 Å². The van der Waals surface area contributed by atoms with Crippen molar-refractivity contribution in [2.24, 2.45) is 0 Å². The van der Waals surface area contributed by atoms with Gasteiger partial charge in [0.05, 0.1) is 6.61 Å². The fraction of sp³-hybridized carbons (Fsp3) is 0.409. The zero-order valence-electron chi connectivity index (χ0n) is 16.0. The summed E-state index contributed by atoms with van der Waals surface area (Å²) in [6.45, 7) is 10.1. The Hall–Kier alpha value is -2.49. The van der Waals surface area contributed by atoms with Crippen molar-refractivity contribution in [2.45, 2.75) is 27.2 Å². The predicted octanol–water partition coefficient (Wildman–Crippen LogP) is 4.05. The van der Waals surface area contributed by atoms with Gasteiger partial charge in [-0.25, -0.2) is 0 Å². The molecule has 2 aromatic carbocycles. The van der Waals surface area contributed by atoms with Crippen LogP contribution in [0, 0.1) is 13.8 Å². The molecule has 4 nitrogen and oxygen atoms in total. The van der Waals surface area contributed by atoms with Crippen LogP contribution >= 0.6 is 0 Å². The molecule has 0 aromatic heterocycles. The van der Waals surface area contributed by atoms with Crippen LogP contribution < -0.4 is 9.64 Å². The minimum atomic E-state index is 0.113. The number of carbonyl (C=O) groups is 1. The molecule has 1 saturated heterocycles. The summed E-state index contributed by atoms with van der Waals surface area (Å²) in [7, 11) is 0. The molecule has 0 N–H and O–H groups in total. The smallest absolute Gasteiger partial charge is 0.253 e. The molecule has 0 aliphatic carbocycles. The molecule has 1 heterocycles. The van der Waals surface area contributed by atoms with Crippen LogP contribution in [0.1, 0.15) is 34.8 Å². The predicted molar refractivity (Wildman–Crippen MR) is 106 cm³/mol. The van der Waals surface area contributed by atoms with Crippen LogP contribution in [0.3, 0.4) is 0 Å². The van der Waals surface area contributed by atoms with E-state index in [0.717, 1.165) is 49.5 Å². The number of rotatable bonds is 4. The number of hydrogen-bond donors (Lipinski definition) is 0. The molecular weight excluding hydrogens is 324 g/mol. The highest BCUT2D eigenvalue weighted by Gasteiger charge is 2.21. The first-order valence-electron chi connectivity index (χ1n) is 9.43. The third-order valence-corrected chi connectivity index (χ3v) is 4.90. The van der Waals surface area contributed by atoms with Crippen molar-refractivity contribution >= 4 is 11.6 Å². The molecule has 0 unspecified atom stereocenters. The summed E-state index contributed by atoms with van der Waals surface area (Å²) < 4.78 is 5.58. The van der Waals surface area contributed by atoms with Crippen LogP contribution in [0.15, 0.2) is 42.5 Å². The Balaban J connectivity index is 1.67. The van der Waals surface area contributed by atoms with Crippen molar-refractivity contribution in [3.8, 4) is 5.75 Å². The standard InChI is InChI=1S/C22H28N2O2/c1-4-26-21-11-8-19(16-18(21)3)22(25)24-13-5-12-23(14-15-24)20-9-6-17(2)7-10-20/h6-11,16H,4-5,12-15H2,1-3H3. The molecule has 0 radical (unpaired) electrons. The van der Waals surface area contributed by atoms with Crippen molar-refractivity contribution in [2.75, 3.05) is 37.7 Å². The zero-order valence-corrected chi connectivity index (χ0v) is 16.0. The van der Waals surface area contributed by atoms with E-state index >= 15 is 0 Å². The van der Waals surface area contributed by atoms with Gasteiger partial charge < -0.3 is 14.5 Å². The summed E-state index contributed by atoms with van der Waals surface area (Å²) in [5.41, 5.74) is 4.26. The monoisotopic (exact) mass is 352 g/mol. The molecular formula is C22H28N2O2. The summed E-state index contributed by atoms with van der Waals surface area (Å²) in [4.78, 5) is 17.3. The molecule has 0 saturated carbocycles. The Kier molecular flexibility index (Phi) is 5.82. The van der Waals surface area contributed by atoms with Gasteiger partial charge in [-0.15, -0.1) is 0 Å². The van der Waals surface area contributed by atoms with Gasteiger partial charge >= 0.3 is 0 Å². The molecule has 1 aliphatic rings. The lowest BCUT2D eigenvalue weighted by Gasteiger charge is -2.24. The Bertz CT molecular complexity index is 755. The number of anilines is 1. The van der Waals surface area contributed by atoms with Crippen molar-refractivity contribution in [1.82, 2.24) is 4.90 Å². The number of aryl methyl sites for hydroxylation is 2. The summed E-state index contributed by atoms with van der Waals surface area (Å²) in [5.74, 6) is 0.965. The van der Waals surface area contributed by atoms with Crippen LogP contribution in [-0.4, -0.2) is 43.6 Å². The van der Waals surface area contributed by atoms with Crippen molar-refractivity contribution in [3.05, 3.63) is 59.2 Å². The van der Waals surface area contributed by atoms with Gasteiger partial charge in [0.1, 0.15) is 5.75 Å². The lowest BCUT2D eigenvalue weighted by molar-refractivity contribution is 0.0767. The van der Waals surface area contributed by atoms with Crippen LogP contribution in [0.4, 0.5) is 5.69 Å². The fourth-order valence-corrected chi connectivity index (χ4v) is 3.42. The van der Waals surface area contributed by atoms with Gasteiger partial charge in [0, 0.05) is 37.4 Å². The molecule has 1 amide bonds. The fourth-order valence-electron chi connectivity index (χ4n) is 3.42. The Morgan fingerprint density at radius 1 is 1.00 bits per heavy atom. The molecule has 1 aliphatic heterocycles. The molecule has 0 atom stereocenters. The minimum absolute atomic E-state index is 0.113. The molecule has 26 heavy (non-hydrogen) atoms. The Morgan fingerprint density at radius 2 is 1.77 bits per heavy atom. The van der Waals surface area contributed by atoms with Crippen LogP contribution in [0.25, 0.3) is 0 Å². The topological polar surface area (TPSA) is 32.8 Å². The largest absolute Gasteiger partial charge is 0.494 e. The highest BCUT2D eigenvalue weighted by Crippen LogP contribution is 2.21. The molecule has 138 valence electrons. The van der Waals surface area contributed by atoms with Gasteiger partial charge in [0.2, 0.25) is 0 Å². The number of nitrogens with zero attached hydrogens (tertiary/aromatic N) is 2. The summed E-state index contributed by atoms with van der Waals surface area (Å²) in [6, 6.07) is 14.4. The van der Waals surface area contributed by atoms with Gasteiger partial charge in [0.25, 0.3) is 5.91 Å². The molecule has 0 spiro atoms. The van der Waals surface area contributed by atoms with E-state index < -0.39 is 0 Å². The molecule has 4 heteroatoms. The van der Waals surface area contributed by atoms with Crippen molar-refractivity contribution < 1.29 is 9.53 Å². The molecule has 3 rings (SSSR count). The van der Waals surface area contributed by atoms with E-state index in [4.69, 9.17) is 4.74 Å². The first kappa shape index (κ1) is 18.3.